The van der Waals surface area contributed by atoms with Gasteiger partial charge in [0.2, 0.25) is 0 Å². The van der Waals surface area contributed by atoms with Gasteiger partial charge in [0.1, 0.15) is 11.5 Å². The van der Waals surface area contributed by atoms with E-state index in [-0.39, 0.29) is 182 Å². The van der Waals surface area contributed by atoms with Crippen LogP contribution in [0.15, 0.2) is 208 Å². The number of benzene rings is 5. The molecule has 0 bridgehead atoms. The van der Waals surface area contributed by atoms with E-state index in [1.54, 1.807) is 97.5 Å². The number of pyridine rings is 4. The van der Waals surface area contributed by atoms with Gasteiger partial charge in [-0.15, -0.1) is 55.0 Å². The maximum absolute atomic E-state index is 12.1. The maximum atomic E-state index is 12.1. The van der Waals surface area contributed by atoms with Crippen LogP contribution in [-0.4, -0.2) is 47.2 Å². The van der Waals surface area contributed by atoms with Crippen molar-refractivity contribution in [2.45, 2.75) is 78.6 Å². The van der Waals surface area contributed by atoms with Crippen LogP contribution >= 0.6 is 0 Å². The SMILES string of the molecule is CC(C)(C)c1c[c-]no1.CC(C)(C)c1c[c-]no1.CC(C)(C)c1c[c-]no1.O=C(Nc1cc[c-]cc1)c1ccc2cnccc2n1.O=C(Nc1cc[c-]cc1)c1cnc2ccccc2c1.[K+].[K+].[K+].[c-]1ccc(Nc2cc3ccccc3cn2)cc1. The Morgan fingerprint density at radius 3 is 1.40 bits per heavy atom. The zero-order chi connectivity index (χ0) is 58.4. The summed E-state index contributed by atoms with van der Waals surface area (Å²) in [6.07, 6.45) is 14.7. The molecule has 0 atom stereocenters. The Kier molecular flexibility index (Phi) is 30.7. The Morgan fingerprint density at radius 2 is 0.918 bits per heavy atom. The van der Waals surface area contributed by atoms with E-state index in [1.165, 1.54) is 5.39 Å². The van der Waals surface area contributed by atoms with Crippen LogP contribution in [0.5, 0.6) is 0 Å². The second kappa shape index (κ2) is 36.2. The number of anilines is 4. The topological polar surface area (TPSA) is 200 Å². The maximum Gasteiger partial charge on any atom is 1.00 e. The van der Waals surface area contributed by atoms with Crippen molar-refractivity contribution in [2.75, 3.05) is 16.0 Å². The number of amides is 2. The largest absolute Gasteiger partial charge is 1.00 e. The summed E-state index contributed by atoms with van der Waals surface area (Å²) in [6.45, 7) is 18.6. The Morgan fingerprint density at radius 1 is 0.447 bits per heavy atom. The smallest absolute Gasteiger partial charge is 0.470 e. The minimum absolute atomic E-state index is 0. The number of nitrogens with zero attached hydrogens (tertiary/aromatic N) is 7. The zero-order valence-electron chi connectivity index (χ0n) is 50.1. The van der Waals surface area contributed by atoms with Gasteiger partial charge in [0.25, 0.3) is 11.8 Å². The molecule has 0 spiro atoms. The number of carbonyl (C=O) groups is 2. The normalized spacial score (nSPS) is 10.5. The Balaban J connectivity index is 0.000000224. The Bertz CT molecular complexity index is 3610. The molecule has 0 radical (unpaired) electrons. The van der Waals surface area contributed by atoms with Gasteiger partial charge in [-0.05, 0) is 75.3 Å². The third-order valence-corrected chi connectivity index (χ3v) is 11.5. The number of rotatable bonds is 6. The molecule has 0 unspecified atom stereocenters. The van der Waals surface area contributed by atoms with E-state index in [1.807, 2.05) is 85.1 Å². The second-order valence-electron chi connectivity index (χ2n) is 21.2. The molecular weight excluding hydrogens is 1140 g/mol. The molecule has 0 aliphatic heterocycles. The molecule has 416 valence electrons. The van der Waals surface area contributed by atoms with Gasteiger partial charge in [-0.2, -0.15) is 72.8 Å². The Labute approximate surface area is 625 Å². The van der Waals surface area contributed by atoms with Crippen LogP contribution in [0.4, 0.5) is 22.9 Å². The summed E-state index contributed by atoms with van der Waals surface area (Å²) < 4.78 is 14.7. The van der Waals surface area contributed by atoms with Gasteiger partial charge < -0.3 is 29.5 Å². The molecule has 7 aromatic heterocycles. The van der Waals surface area contributed by atoms with Crippen LogP contribution in [0, 0.1) is 36.8 Å². The molecule has 0 aliphatic rings. The van der Waals surface area contributed by atoms with Gasteiger partial charge in [0.15, 0.2) is 0 Å². The second-order valence-corrected chi connectivity index (χ2v) is 21.2. The van der Waals surface area contributed by atoms with Crippen molar-refractivity contribution in [1.82, 2.24) is 35.4 Å². The number of para-hydroxylation sites is 1. The molecule has 12 rings (SSSR count). The summed E-state index contributed by atoms with van der Waals surface area (Å²) in [5.74, 6) is 3.09. The van der Waals surface area contributed by atoms with Crippen LogP contribution in [0.25, 0.3) is 32.6 Å². The number of fused-ring (bicyclic) bond motifs is 3. The molecule has 0 fully saturated rings. The predicted octanol–water partition coefficient (Wildman–Crippen LogP) is 6.08. The summed E-state index contributed by atoms with van der Waals surface area (Å²) in [4.78, 5) is 41.1. The fourth-order valence-corrected chi connectivity index (χ4v) is 7.02. The van der Waals surface area contributed by atoms with Crippen molar-refractivity contribution in [2.24, 2.45) is 0 Å². The van der Waals surface area contributed by atoms with Crippen molar-refractivity contribution < 1.29 is 177 Å². The van der Waals surface area contributed by atoms with Crippen LogP contribution in [0.3, 0.4) is 0 Å². The minimum Gasteiger partial charge on any atom is -0.470 e. The van der Waals surface area contributed by atoms with Crippen molar-refractivity contribution >= 4 is 67.3 Å². The van der Waals surface area contributed by atoms with Gasteiger partial charge in [0, 0.05) is 40.9 Å². The van der Waals surface area contributed by atoms with E-state index >= 15 is 0 Å². The van der Waals surface area contributed by atoms with Gasteiger partial charge in [-0.25, -0.2) is 25.4 Å². The first kappa shape index (κ1) is 72.2. The molecule has 18 heteroatoms. The van der Waals surface area contributed by atoms with E-state index in [9.17, 15) is 9.59 Å². The summed E-state index contributed by atoms with van der Waals surface area (Å²) in [5, 5.41) is 23.5. The first-order valence-corrected chi connectivity index (χ1v) is 26.1. The van der Waals surface area contributed by atoms with Crippen molar-refractivity contribution in [3.8, 4) is 0 Å². The molecular formula is C67H62K3N10O5-3. The third kappa shape index (κ3) is 24.5. The van der Waals surface area contributed by atoms with Crippen molar-refractivity contribution in [3.05, 3.63) is 260 Å². The number of hydrogen-bond donors (Lipinski definition) is 3. The van der Waals surface area contributed by atoms with E-state index < -0.39 is 0 Å². The molecule has 0 saturated carbocycles. The number of hydrogen-bond acceptors (Lipinski definition) is 13. The predicted molar refractivity (Wildman–Crippen MR) is 320 cm³/mol. The van der Waals surface area contributed by atoms with Crippen LogP contribution < -0.4 is 170 Å². The fraction of sp³-hybridized carbons (Fsp3) is 0.179. The van der Waals surface area contributed by atoms with E-state index in [0.29, 0.717) is 11.3 Å². The van der Waals surface area contributed by atoms with E-state index in [4.69, 9.17) is 13.6 Å². The molecule has 0 saturated heterocycles. The number of aromatic nitrogens is 7. The van der Waals surface area contributed by atoms with Crippen LogP contribution in [0.1, 0.15) is 100 Å². The molecule has 2 amide bonds. The standard InChI is InChI=1S/C16H11N2O.C15H10N3O.C15H11N2.3C7H10NO.3K/c19-16(18-14-7-2-1-3-8-14)13-10-12-6-4-5-9-15(12)17-11-13;19-15(17-12-4-2-1-3-5-12)14-7-6-11-10-16-9-8-13(11)18-14;1-2-8-14(9-3-1)17-15-10-12-6-4-5-7-13(12)11-16-15;3*1-7(2,3)6-4-5-8-9-6;;;/h2-11H,(H,18,19);2-10H,(H,17,19);2-11H,(H,16,17);3*4H,1-3H3;;;/q6*-1;3*+1. The average molecular weight is 1200 g/mol. The molecule has 12 aromatic rings. The summed E-state index contributed by atoms with van der Waals surface area (Å²) in [5.41, 5.74) is 5.24. The molecule has 5 aromatic carbocycles. The quantitative estimate of drug-likeness (QED) is 0.128. The monoisotopic (exact) mass is 1200 g/mol. The molecule has 7 heterocycles. The van der Waals surface area contributed by atoms with E-state index in [0.717, 1.165) is 67.4 Å². The molecule has 15 nitrogen and oxygen atoms in total. The summed E-state index contributed by atoms with van der Waals surface area (Å²) in [7, 11) is 0. The average Bonchev–Trinajstić information content (AvgIpc) is 4.46. The van der Waals surface area contributed by atoms with Gasteiger partial charge in [0.05, 0.1) is 16.6 Å². The van der Waals surface area contributed by atoms with Gasteiger partial charge in [-0.3, -0.25) is 19.6 Å². The minimum atomic E-state index is -0.232. The zero-order valence-corrected chi connectivity index (χ0v) is 59.5. The summed E-state index contributed by atoms with van der Waals surface area (Å²) >= 11 is 0. The third-order valence-electron chi connectivity index (χ3n) is 11.5. The van der Waals surface area contributed by atoms with Crippen LogP contribution in [-0.2, 0) is 16.2 Å². The fourth-order valence-electron chi connectivity index (χ4n) is 7.02. The number of carbonyl (C=O) groups excluding carboxylic acids is 2. The molecule has 0 aliphatic carbocycles. The van der Waals surface area contributed by atoms with Crippen molar-refractivity contribution in [3.63, 3.8) is 0 Å². The van der Waals surface area contributed by atoms with Crippen LogP contribution in [0.2, 0.25) is 0 Å². The van der Waals surface area contributed by atoms with Crippen molar-refractivity contribution in [1.29, 1.82) is 0 Å². The van der Waals surface area contributed by atoms with E-state index in [2.05, 4.69) is 163 Å². The number of nitrogens with one attached hydrogen (secondary N) is 3. The van der Waals surface area contributed by atoms with Gasteiger partial charge >= 0.3 is 154 Å². The molecule has 3 N–H and O–H groups in total. The first-order valence-electron chi connectivity index (χ1n) is 26.1. The first-order chi connectivity index (χ1) is 39.4. The molecule has 85 heavy (non-hydrogen) atoms. The van der Waals surface area contributed by atoms with Gasteiger partial charge in [-0.1, -0.05) is 122 Å². The summed E-state index contributed by atoms with van der Waals surface area (Å²) in [6, 6.07) is 61.0. The Hall–Kier alpha value is -5.24.